The Balaban J connectivity index is 2.26. The van der Waals surface area contributed by atoms with Crippen LogP contribution in [0.15, 0.2) is 44.2 Å². The Labute approximate surface area is 198 Å². The molecule has 0 fully saturated rings. The monoisotopic (exact) mass is 491 g/mol. The van der Waals surface area contributed by atoms with E-state index in [9.17, 15) is 23.6 Å². The van der Waals surface area contributed by atoms with E-state index in [1.54, 1.807) is 0 Å². The summed E-state index contributed by atoms with van der Waals surface area (Å²) in [5.74, 6) is -0.117. The molecule has 0 atom stereocenters. The second-order valence-corrected chi connectivity index (χ2v) is 9.62. The van der Waals surface area contributed by atoms with Gasteiger partial charge < -0.3 is 14.9 Å². The molecule has 0 saturated carbocycles. The van der Waals surface area contributed by atoms with Gasteiger partial charge in [-0.3, -0.25) is 9.36 Å². The number of hydrogen-bond donors (Lipinski definition) is 3. The third kappa shape index (κ3) is 6.94. The standard InChI is InChI=1S/C22H29N5O6S/c1-15(2)8-10-27-21(29)19(14-23)16(3)20(22(27)30)26-25-17-4-6-18(7-5-17)34(31,32)24-9-12-33-13-11-28/h4-7,15,24,28-29H,8-13H2,1-3H3. The van der Waals surface area contributed by atoms with Gasteiger partial charge in [-0.1, -0.05) is 13.8 Å². The Morgan fingerprint density at radius 3 is 2.47 bits per heavy atom. The Morgan fingerprint density at radius 1 is 1.21 bits per heavy atom. The summed E-state index contributed by atoms with van der Waals surface area (Å²) in [5.41, 5.74) is -0.178. The van der Waals surface area contributed by atoms with Crippen LogP contribution in [0.4, 0.5) is 11.4 Å². The summed E-state index contributed by atoms with van der Waals surface area (Å²) < 4.78 is 33.2. The zero-order chi connectivity index (χ0) is 25.3. The highest BCUT2D eigenvalue weighted by atomic mass is 32.2. The van der Waals surface area contributed by atoms with E-state index in [1.165, 1.54) is 31.2 Å². The Bertz CT molecular complexity index is 1210. The second kappa shape index (κ2) is 12.4. The van der Waals surface area contributed by atoms with Crippen LogP contribution in [0.25, 0.3) is 0 Å². The van der Waals surface area contributed by atoms with Crippen LogP contribution in [-0.2, 0) is 21.3 Å². The molecule has 0 unspecified atom stereocenters. The average molecular weight is 492 g/mol. The van der Waals surface area contributed by atoms with Gasteiger partial charge in [0.25, 0.3) is 5.56 Å². The lowest BCUT2D eigenvalue weighted by Crippen LogP contribution is -2.27. The molecule has 0 radical (unpaired) electrons. The quantitative estimate of drug-likeness (QED) is 0.303. The normalized spacial score (nSPS) is 11.9. The highest BCUT2D eigenvalue weighted by Crippen LogP contribution is 2.27. The smallest absolute Gasteiger partial charge is 0.281 e. The van der Waals surface area contributed by atoms with Gasteiger partial charge in [-0.25, -0.2) is 13.1 Å². The number of rotatable bonds is 12. The molecule has 184 valence electrons. The summed E-state index contributed by atoms with van der Waals surface area (Å²) in [6.07, 6.45) is 0.621. The van der Waals surface area contributed by atoms with E-state index in [-0.39, 0.29) is 60.5 Å². The van der Waals surface area contributed by atoms with Crippen molar-refractivity contribution in [3.63, 3.8) is 0 Å². The summed E-state index contributed by atoms with van der Waals surface area (Å²) in [7, 11) is -3.76. The molecule has 0 saturated heterocycles. The van der Waals surface area contributed by atoms with Gasteiger partial charge in [0.1, 0.15) is 11.6 Å². The van der Waals surface area contributed by atoms with Crippen molar-refractivity contribution < 1.29 is 23.4 Å². The van der Waals surface area contributed by atoms with Crippen molar-refractivity contribution in [1.29, 1.82) is 5.26 Å². The van der Waals surface area contributed by atoms with Crippen LogP contribution in [0.3, 0.4) is 0 Å². The summed E-state index contributed by atoms with van der Waals surface area (Å²) in [6, 6.07) is 7.45. The lowest BCUT2D eigenvalue weighted by atomic mass is 10.1. The summed E-state index contributed by atoms with van der Waals surface area (Å²) in [6.45, 7) is 5.85. The predicted octanol–water partition coefficient (Wildman–Crippen LogP) is 2.48. The molecule has 0 bridgehead atoms. The number of nitrogens with one attached hydrogen (secondary N) is 1. The van der Waals surface area contributed by atoms with Gasteiger partial charge in [-0.2, -0.15) is 10.4 Å². The maximum atomic E-state index is 12.9. The fourth-order valence-electron chi connectivity index (χ4n) is 2.95. The molecule has 1 aromatic carbocycles. The van der Waals surface area contributed by atoms with E-state index in [1.807, 2.05) is 19.9 Å². The molecule has 12 heteroatoms. The van der Waals surface area contributed by atoms with Gasteiger partial charge in [0.15, 0.2) is 5.69 Å². The van der Waals surface area contributed by atoms with Crippen molar-refractivity contribution >= 4 is 21.4 Å². The number of ether oxygens (including phenoxy) is 1. The van der Waals surface area contributed by atoms with E-state index in [2.05, 4.69) is 15.0 Å². The largest absolute Gasteiger partial charge is 0.493 e. The maximum Gasteiger partial charge on any atom is 0.281 e. The number of azo groups is 1. The van der Waals surface area contributed by atoms with Gasteiger partial charge in [0.2, 0.25) is 15.9 Å². The van der Waals surface area contributed by atoms with Crippen LogP contribution in [0, 0.1) is 24.2 Å². The summed E-state index contributed by atoms with van der Waals surface area (Å²) in [5, 5.41) is 36.5. The highest BCUT2D eigenvalue weighted by Gasteiger charge is 2.19. The fourth-order valence-corrected chi connectivity index (χ4v) is 3.96. The number of pyridine rings is 1. The molecule has 11 nitrogen and oxygen atoms in total. The van der Waals surface area contributed by atoms with Gasteiger partial charge in [-0.15, -0.1) is 5.11 Å². The minimum atomic E-state index is -3.76. The topological polar surface area (TPSA) is 166 Å². The number of nitriles is 1. The minimum Gasteiger partial charge on any atom is -0.493 e. The molecule has 0 aliphatic rings. The number of nitrogens with zero attached hydrogens (tertiary/aromatic N) is 4. The van der Waals surface area contributed by atoms with Crippen LogP contribution in [0.2, 0.25) is 0 Å². The molecule has 2 rings (SSSR count). The van der Waals surface area contributed by atoms with E-state index in [0.717, 1.165) is 4.57 Å². The molecule has 0 spiro atoms. The fraction of sp³-hybridized carbons (Fsp3) is 0.455. The van der Waals surface area contributed by atoms with Gasteiger partial charge in [0, 0.05) is 18.7 Å². The van der Waals surface area contributed by atoms with E-state index >= 15 is 0 Å². The zero-order valence-corrected chi connectivity index (χ0v) is 20.2. The lowest BCUT2D eigenvalue weighted by molar-refractivity contribution is 0.0961. The molecule has 0 aliphatic heterocycles. The molecule has 34 heavy (non-hydrogen) atoms. The van der Waals surface area contributed by atoms with Crippen molar-refractivity contribution in [3.05, 3.63) is 45.7 Å². The number of sulfonamides is 1. The minimum absolute atomic E-state index is 0.0113. The molecule has 2 aromatic rings. The zero-order valence-electron chi connectivity index (χ0n) is 19.4. The first-order chi connectivity index (χ1) is 16.1. The molecule has 1 heterocycles. The summed E-state index contributed by atoms with van der Waals surface area (Å²) >= 11 is 0. The van der Waals surface area contributed by atoms with E-state index in [4.69, 9.17) is 9.84 Å². The van der Waals surface area contributed by atoms with Crippen LogP contribution in [-0.4, -0.2) is 49.6 Å². The van der Waals surface area contributed by atoms with Crippen LogP contribution >= 0.6 is 0 Å². The van der Waals surface area contributed by atoms with Crippen LogP contribution in [0.5, 0.6) is 5.88 Å². The molecule has 0 amide bonds. The lowest BCUT2D eigenvalue weighted by Gasteiger charge is -2.14. The molecular weight excluding hydrogens is 462 g/mol. The van der Waals surface area contributed by atoms with E-state index < -0.39 is 21.5 Å². The number of hydrogen-bond acceptors (Lipinski definition) is 9. The van der Waals surface area contributed by atoms with Crippen molar-refractivity contribution in [2.45, 2.75) is 38.6 Å². The average Bonchev–Trinajstić information content (AvgIpc) is 2.79. The third-order valence-corrected chi connectivity index (χ3v) is 6.36. The number of aromatic hydroxyl groups is 1. The van der Waals surface area contributed by atoms with Crippen LogP contribution < -0.4 is 10.3 Å². The van der Waals surface area contributed by atoms with Gasteiger partial charge in [-0.05, 0) is 43.5 Å². The third-order valence-electron chi connectivity index (χ3n) is 4.89. The van der Waals surface area contributed by atoms with Gasteiger partial charge in [0.05, 0.1) is 30.4 Å². The first-order valence-electron chi connectivity index (χ1n) is 10.7. The van der Waals surface area contributed by atoms with E-state index in [0.29, 0.717) is 12.1 Å². The predicted molar refractivity (Wildman–Crippen MR) is 125 cm³/mol. The number of aliphatic hydroxyl groups excluding tert-OH is 1. The number of aliphatic hydroxyl groups is 1. The summed E-state index contributed by atoms with van der Waals surface area (Å²) in [4.78, 5) is 12.9. The van der Waals surface area contributed by atoms with Gasteiger partial charge >= 0.3 is 0 Å². The SMILES string of the molecule is Cc1c(C#N)c(O)n(CCC(C)C)c(=O)c1N=Nc1ccc(S(=O)(=O)NCCOCCO)cc1. The first-order valence-corrected chi connectivity index (χ1v) is 12.2. The Kier molecular flexibility index (Phi) is 9.88. The molecule has 1 aromatic heterocycles. The van der Waals surface area contributed by atoms with Crippen LogP contribution in [0.1, 0.15) is 31.4 Å². The Hall–Kier alpha value is -3.11. The second-order valence-electron chi connectivity index (χ2n) is 7.85. The van der Waals surface area contributed by atoms with Crippen molar-refractivity contribution in [3.8, 4) is 11.9 Å². The first kappa shape index (κ1) is 27.1. The van der Waals surface area contributed by atoms with Crippen molar-refractivity contribution in [2.75, 3.05) is 26.4 Å². The highest BCUT2D eigenvalue weighted by molar-refractivity contribution is 7.89. The molecular formula is C22H29N5O6S. The Morgan fingerprint density at radius 2 is 1.88 bits per heavy atom. The van der Waals surface area contributed by atoms with Crippen molar-refractivity contribution in [2.24, 2.45) is 16.1 Å². The maximum absolute atomic E-state index is 12.9. The van der Waals surface area contributed by atoms with Crippen molar-refractivity contribution in [1.82, 2.24) is 9.29 Å². The number of aromatic nitrogens is 1. The molecule has 0 aliphatic carbocycles. The molecule has 3 N–H and O–H groups in total. The number of benzene rings is 1.